The molecule has 5 nitrogen and oxygen atoms in total. The van der Waals surface area contributed by atoms with E-state index in [1.807, 2.05) is 18.2 Å². The van der Waals surface area contributed by atoms with Gasteiger partial charge >= 0.3 is 0 Å². The number of fused-ring (bicyclic) bond motifs is 11. The van der Waals surface area contributed by atoms with Gasteiger partial charge in [0.05, 0.1) is 38.7 Å². The van der Waals surface area contributed by atoms with Crippen molar-refractivity contribution in [3.63, 3.8) is 0 Å². The van der Waals surface area contributed by atoms with Crippen LogP contribution in [0.3, 0.4) is 0 Å². The first kappa shape index (κ1) is 30.0. The van der Waals surface area contributed by atoms with Gasteiger partial charge in [-0.1, -0.05) is 133 Å². The monoisotopic (exact) mass is 702 g/mol. The van der Waals surface area contributed by atoms with Gasteiger partial charge in [-0.3, -0.25) is 4.57 Å². The van der Waals surface area contributed by atoms with Crippen LogP contribution < -0.4 is 0 Å². The third-order valence-electron chi connectivity index (χ3n) is 11.1. The summed E-state index contributed by atoms with van der Waals surface area (Å²) in [4.78, 5) is 10.7. The fourth-order valence-electron chi connectivity index (χ4n) is 8.73. The van der Waals surface area contributed by atoms with Crippen LogP contribution in [-0.4, -0.2) is 19.1 Å². The molecule has 8 aromatic carbocycles. The molecule has 0 saturated heterocycles. The molecule has 0 N–H and O–H groups in total. The summed E-state index contributed by atoms with van der Waals surface area (Å²) in [6.45, 7) is 0. The summed E-state index contributed by atoms with van der Waals surface area (Å²) < 4.78 is 11.4. The van der Waals surface area contributed by atoms with Crippen LogP contribution in [0.1, 0.15) is 0 Å². The van der Waals surface area contributed by atoms with E-state index >= 15 is 0 Å². The summed E-state index contributed by atoms with van der Waals surface area (Å²) in [5, 5.41) is 7.81. The Hall–Kier alpha value is -7.50. The molecular weight excluding hydrogens is 673 g/mol. The van der Waals surface area contributed by atoms with Gasteiger partial charge in [-0.05, 0) is 54.1 Å². The molecule has 0 aliphatic carbocycles. The Morgan fingerprint density at radius 1 is 0.418 bits per heavy atom. The highest BCUT2D eigenvalue weighted by Crippen LogP contribution is 2.45. The fourth-order valence-corrected chi connectivity index (χ4v) is 8.73. The SMILES string of the molecule is c1ccc(-c2nc(-n3c4ccccc4c4c5oc6ccccc6c5cc(-c5ccc(-n6c7ccccc7c7ccccc76)cc5)c43)nc3ccccc23)cc1. The molecule has 4 aromatic heterocycles. The van der Waals surface area contributed by atoms with Crippen LogP contribution in [0.15, 0.2) is 186 Å². The predicted molar refractivity (Wildman–Crippen MR) is 226 cm³/mol. The minimum atomic E-state index is 0.613. The molecule has 0 bridgehead atoms. The zero-order valence-electron chi connectivity index (χ0n) is 29.5. The smallest absolute Gasteiger partial charge is 0.235 e. The molecular formula is C50H30N4O. The summed E-state index contributed by atoms with van der Waals surface area (Å²) >= 11 is 0. The highest BCUT2D eigenvalue weighted by molar-refractivity contribution is 6.27. The summed E-state index contributed by atoms with van der Waals surface area (Å²) in [5.74, 6) is 0.613. The number of aromatic nitrogens is 4. The van der Waals surface area contributed by atoms with Crippen LogP contribution in [-0.2, 0) is 0 Å². The average molecular weight is 703 g/mol. The number of rotatable bonds is 4. The van der Waals surface area contributed by atoms with Gasteiger partial charge in [0.25, 0.3) is 0 Å². The van der Waals surface area contributed by atoms with Gasteiger partial charge < -0.3 is 8.98 Å². The Morgan fingerprint density at radius 3 is 1.73 bits per heavy atom. The Kier molecular flexibility index (Phi) is 6.27. The summed E-state index contributed by atoms with van der Waals surface area (Å²) in [7, 11) is 0. The number of nitrogens with zero attached hydrogens (tertiary/aromatic N) is 4. The van der Waals surface area contributed by atoms with E-state index in [9.17, 15) is 0 Å². The van der Waals surface area contributed by atoms with Crippen LogP contribution in [0.5, 0.6) is 0 Å². The molecule has 5 heteroatoms. The largest absolute Gasteiger partial charge is 0.455 e. The zero-order chi connectivity index (χ0) is 36.0. The normalized spacial score (nSPS) is 12.0. The van der Waals surface area contributed by atoms with Gasteiger partial charge in [0, 0.05) is 49.1 Å². The van der Waals surface area contributed by atoms with Gasteiger partial charge in [0.15, 0.2) is 0 Å². The van der Waals surface area contributed by atoms with Gasteiger partial charge in [0.1, 0.15) is 11.2 Å². The number of para-hydroxylation sites is 5. The minimum Gasteiger partial charge on any atom is -0.455 e. The summed E-state index contributed by atoms with van der Waals surface area (Å²) in [6.07, 6.45) is 0. The minimum absolute atomic E-state index is 0.613. The van der Waals surface area contributed by atoms with E-state index in [-0.39, 0.29) is 0 Å². The Morgan fingerprint density at radius 2 is 1.00 bits per heavy atom. The average Bonchev–Trinajstić information content (AvgIpc) is 3.91. The van der Waals surface area contributed by atoms with Gasteiger partial charge in [-0.15, -0.1) is 0 Å². The third-order valence-corrected chi connectivity index (χ3v) is 11.1. The lowest BCUT2D eigenvalue weighted by Crippen LogP contribution is -2.04. The van der Waals surface area contributed by atoms with Crippen molar-refractivity contribution in [2.24, 2.45) is 0 Å². The second-order valence-corrected chi connectivity index (χ2v) is 14.1. The maximum Gasteiger partial charge on any atom is 0.235 e. The first-order valence-corrected chi connectivity index (χ1v) is 18.6. The topological polar surface area (TPSA) is 48.8 Å². The van der Waals surface area contributed by atoms with Crippen LogP contribution >= 0.6 is 0 Å². The van der Waals surface area contributed by atoms with Gasteiger partial charge in [0.2, 0.25) is 5.95 Å². The second kappa shape index (κ2) is 11.5. The molecule has 0 spiro atoms. The molecule has 0 atom stereocenters. The molecule has 4 heterocycles. The molecule has 0 aliphatic rings. The van der Waals surface area contributed by atoms with E-state index in [1.54, 1.807) is 0 Å². The van der Waals surface area contributed by atoms with Crippen molar-refractivity contribution in [3.8, 4) is 34.0 Å². The second-order valence-electron chi connectivity index (χ2n) is 14.1. The number of furan rings is 1. The summed E-state index contributed by atoms with van der Waals surface area (Å²) in [6, 6.07) is 64.1. The Labute approximate surface area is 315 Å². The van der Waals surface area contributed by atoms with Gasteiger partial charge in [-0.2, -0.15) is 0 Å². The number of hydrogen-bond acceptors (Lipinski definition) is 3. The molecule has 0 fully saturated rings. The van der Waals surface area contributed by atoms with Crippen molar-refractivity contribution in [3.05, 3.63) is 182 Å². The van der Waals surface area contributed by atoms with E-state index in [1.165, 1.54) is 21.8 Å². The molecule has 0 saturated carbocycles. The first-order chi connectivity index (χ1) is 27.3. The van der Waals surface area contributed by atoms with Crippen molar-refractivity contribution in [2.45, 2.75) is 0 Å². The molecule has 55 heavy (non-hydrogen) atoms. The van der Waals surface area contributed by atoms with Crippen molar-refractivity contribution < 1.29 is 4.42 Å². The molecule has 256 valence electrons. The molecule has 0 radical (unpaired) electrons. The first-order valence-electron chi connectivity index (χ1n) is 18.6. The van der Waals surface area contributed by atoms with Crippen LogP contribution in [0.2, 0.25) is 0 Å². The van der Waals surface area contributed by atoms with Crippen molar-refractivity contribution in [1.29, 1.82) is 0 Å². The highest BCUT2D eigenvalue weighted by atomic mass is 16.3. The Bertz CT molecular complexity index is 3430. The van der Waals surface area contributed by atoms with E-state index < -0.39 is 0 Å². The maximum absolute atomic E-state index is 6.77. The van der Waals surface area contributed by atoms with Crippen molar-refractivity contribution in [1.82, 2.24) is 19.1 Å². The molecule has 0 aliphatic heterocycles. The molecule has 12 rings (SSSR count). The Balaban J connectivity index is 1.18. The number of benzene rings is 8. The van der Waals surface area contributed by atoms with E-state index in [4.69, 9.17) is 14.4 Å². The van der Waals surface area contributed by atoms with Crippen molar-refractivity contribution in [2.75, 3.05) is 0 Å². The standard InChI is InChI=1S/C50H30N4O/c1-2-14-32(15-3-1)47-37-19-4-9-21-41(37)51-50(52-47)54-44-24-12-7-20-38(44)46-48(54)39(30-40-36-18-8-13-25-45(36)55-49(40)46)31-26-28-33(29-27-31)53-42-22-10-5-16-34(42)35-17-6-11-23-43(35)53/h1-30H. The van der Waals surface area contributed by atoms with E-state index in [0.29, 0.717) is 5.95 Å². The maximum atomic E-state index is 6.77. The lowest BCUT2D eigenvalue weighted by molar-refractivity contribution is 0.673. The van der Waals surface area contributed by atoms with Crippen LogP contribution in [0.4, 0.5) is 0 Å². The third kappa shape index (κ3) is 4.35. The number of hydrogen-bond donors (Lipinski definition) is 0. The summed E-state index contributed by atoms with van der Waals surface area (Å²) in [5.41, 5.74) is 12.2. The van der Waals surface area contributed by atoms with Crippen molar-refractivity contribution >= 4 is 76.5 Å². The van der Waals surface area contributed by atoms with Crippen LogP contribution in [0, 0.1) is 0 Å². The quantitative estimate of drug-likeness (QED) is 0.183. The molecule has 12 aromatic rings. The molecule has 0 unspecified atom stereocenters. The van der Waals surface area contributed by atoms with E-state index in [2.05, 4.69) is 173 Å². The van der Waals surface area contributed by atoms with Gasteiger partial charge in [-0.25, -0.2) is 9.97 Å². The molecule has 0 amide bonds. The van der Waals surface area contributed by atoms with Crippen LogP contribution in [0.25, 0.3) is 110 Å². The van der Waals surface area contributed by atoms with E-state index in [0.717, 1.165) is 82.7 Å². The lowest BCUT2D eigenvalue weighted by atomic mass is 9.98. The zero-order valence-corrected chi connectivity index (χ0v) is 29.5. The fraction of sp³-hybridized carbons (Fsp3) is 0. The predicted octanol–water partition coefficient (Wildman–Crippen LogP) is 13.1. The highest BCUT2D eigenvalue weighted by Gasteiger charge is 2.25. The lowest BCUT2D eigenvalue weighted by Gasteiger charge is -2.14.